The number of likely N-dealkylation sites (N-methyl/N-ethyl adjacent to an activating group) is 11. The Morgan fingerprint density at radius 3 is 1.08 bits per heavy atom. The summed E-state index contributed by atoms with van der Waals surface area (Å²) >= 11 is 0. The molecule has 2 aromatic rings. The molecule has 31 nitrogen and oxygen atoms in total. The Bertz CT molecular complexity index is 3830. The molecule has 0 radical (unpaired) electrons. The summed E-state index contributed by atoms with van der Waals surface area (Å²) in [6, 6.07) is 21.3. The minimum Gasteiger partial charge on any atom is -0.466 e. The lowest BCUT2D eigenvalue weighted by Gasteiger charge is -2.40. The first-order chi connectivity index (χ1) is 69.7. The number of piperidine rings is 1. The van der Waals surface area contributed by atoms with E-state index < -0.39 is 22.0 Å². The lowest BCUT2D eigenvalue weighted by molar-refractivity contribution is -0.929. The fourth-order valence-electron chi connectivity index (χ4n) is 19.4. The zero-order valence-electron chi connectivity index (χ0n) is 97.7. The highest BCUT2D eigenvalue weighted by Gasteiger charge is 2.37. The molecule has 147 heavy (non-hydrogen) atoms. The number of unbranched alkanes of at least 4 members (excludes halogenated alkanes) is 5. The molecule has 1 unspecified atom stereocenters. The summed E-state index contributed by atoms with van der Waals surface area (Å²) in [5.41, 5.74) is 3.65. The Hall–Kier alpha value is -4.71. The molecule has 0 spiro atoms. The van der Waals surface area contributed by atoms with Crippen molar-refractivity contribution in [3.8, 4) is 0 Å². The van der Waals surface area contributed by atoms with Crippen LogP contribution in [0.5, 0.6) is 0 Å². The zero-order valence-corrected chi connectivity index (χ0v) is 98.6. The number of rotatable bonds is 32. The Morgan fingerprint density at radius 1 is 0.395 bits per heavy atom. The van der Waals surface area contributed by atoms with E-state index in [1.807, 2.05) is 39.1 Å². The van der Waals surface area contributed by atoms with Crippen LogP contribution in [0.4, 0.5) is 0 Å². The second kappa shape index (κ2) is 74.4. The highest BCUT2D eigenvalue weighted by molar-refractivity contribution is 7.85. The lowest BCUT2D eigenvalue weighted by Crippen LogP contribution is -2.56. The third-order valence-electron chi connectivity index (χ3n) is 31.1. The van der Waals surface area contributed by atoms with E-state index in [4.69, 9.17) is 66.5 Å². The largest absolute Gasteiger partial charge is 0.466 e. The SMILES string of the molecule is C=CCCC/C=C/C[N+]1(C)CCOCC1.C=CC[N+]1(C)CCOCC1.CC(C)C[N+]1(C)CCOCC1.CCCCC[N+]1(C)CCOCC1.CCCC[N+]1(C)CCOCC1.CCOC(=O)C1=CC[N+](C)(C)CC1.CCOC(=O)C1CC[N+](C)(Cc2ccccc2)CC1.CC[N+]1(C)CCOCC1.C[N+]1(C)CCOCC1.C[N+]1(CC(O)CS(=O)(=O)O)CCOCC1.C[N+]1(CCO)CCOCC1.C[N+]1(Cc2ccccc2)CCOCC1. The zero-order chi connectivity index (χ0) is 109. The highest BCUT2D eigenvalue weighted by Crippen LogP contribution is 2.27. The normalized spacial score (nSPS) is 23.6. The fourth-order valence-corrected chi connectivity index (χ4v) is 20.0. The van der Waals surface area contributed by atoms with Crippen molar-refractivity contribution in [1.82, 2.24) is 0 Å². The molecule has 11 fully saturated rings. The van der Waals surface area contributed by atoms with Crippen LogP contribution in [0.1, 0.15) is 130 Å². The number of ether oxygens (including phenoxy) is 12. The van der Waals surface area contributed by atoms with E-state index >= 15 is 0 Å². The van der Waals surface area contributed by atoms with Crippen molar-refractivity contribution in [3.05, 3.63) is 121 Å². The third kappa shape index (κ3) is 65.0. The van der Waals surface area contributed by atoms with Crippen molar-refractivity contribution >= 4 is 22.1 Å². The Kier molecular flexibility index (Phi) is 69.1. The maximum Gasteiger partial charge on any atom is 0.334 e. The van der Waals surface area contributed by atoms with Crippen molar-refractivity contribution in [2.75, 3.05) is 466 Å². The van der Waals surface area contributed by atoms with E-state index in [2.05, 4.69) is 212 Å². The molecule has 12 aliphatic heterocycles. The van der Waals surface area contributed by atoms with Crippen molar-refractivity contribution < 1.29 is 143 Å². The number of likely N-dealkylation sites (tertiary alicyclic amines) is 1. The van der Waals surface area contributed by atoms with Gasteiger partial charge in [-0.3, -0.25) is 9.35 Å². The van der Waals surface area contributed by atoms with Gasteiger partial charge in [-0.05, 0) is 77.5 Å². The van der Waals surface area contributed by atoms with Crippen LogP contribution in [0.2, 0.25) is 0 Å². The maximum atomic E-state index is 11.7. The molecule has 12 heterocycles. The molecule has 1 atom stereocenters. The van der Waals surface area contributed by atoms with Gasteiger partial charge in [0.2, 0.25) is 0 Å². The van der Waals surface area contributed by atoms with Crippen molar-refractivity contribution in [3.63, 3.8) is 0 Å². The number of esters is 2. The van der Waals surface area contributed by atoms with E-state index in [9.17, 15) is 23.1 Å². The second-order valence-electron chi connectivity index (χ2n) is 47.3. The van der Waals surface area contributed by atoms with Crippen LogP contribution in [0, 0.1) is 11.8 Å². The Balaban J connectivity index is 0.000000414. The van der Waals surface area contributed by atoms with Crippen LogP contribution in [0.15, 0.2) is 110 Å². The smallest absolute Gasteiger partial charge is 0.334 e. The molecule has 14 rings (SSSR count). The van der Waals surface area contributed by atoms with Gasteiger partial charge < -0.3 is 121 Å². The van der Waals surface area contributed by atoms with Crippen LogP contribution in [0.25, 0.3) is 0 Å². The summed E-state index contributed by atoms with van der Waals surface area (Å²) in [6.45, 7) is 78.9. The molecule has 3 N–H and O–H groups in total. The van der Waals surface area contributed by atoms with Gasteiger partial charge in [0, 0.05) is 41.9 Å². The maximum absolute atomic E-state index is 11.7. The summed E-state index contributed by atoms with van der Waals surface area (Å²) < 4.78 is 105. The molecule has 0 aliphatic carbocycles. The quantitative estimate of drug-likeness (QED) is 0.0203. The number of aliphatic hydroxyl groups excluding tert-OH is 2. The van der Waals surface area contributed by atoms with Crippen LogP contribution < -0.4 is 0 Å². The van der Waals surface area contributed by atoms with E-state index in [1.54, 1.807) is 0 Å². The average Bonchev–Trinajstić information content (AvgIpc) is 0.833. The third-order valence-corrected chi connectivity index (χ3v) is 31.9. The topological polar surface area (TPSA) is 240 Å². The van der Waals surface area contributed by atoms with Crippen LogP contribution >= 0.6 is 0 Å². The van der Waals surface area contributed by atoms with Gasteiger partial charge in [-0.15, -0.1) is 6.58 Å². The minimum absolute atomic E-state index is 0.00605. The molecule has 2 aromatic carbocycles. The van der Waals surface area contributed by atoms with Crippen LogP contribution in [0.3, 0.4) is 0 Å². The summed E-state index contributed by atoms with van der Waals surface area (Å²) in [6.07, 6.45) is 22.6. The number of quaternary nitrogens is 12. The number of hydrogen-bond donors (Lipinski definition) is 3. The monoisotopic (exact) mass is 2110 g/mol. The van der Waals surface area contributed by atoms with E-state index in [1.165, 1.54) is 166 Å². The fraction of sp³-hybridized carbons (Fsp3) is 0.809. The molecule has 854 valence electrons. The van der Waals surface area contributed by atoms with Crippen LogP contribution in [-0.4, -0.2) is 561 Å². The van der Waals surface area contributed by atoms with Crippen LogP contribution in [-0.2, 0) is 89.6 Å². The van der Waals surface area contributed by atoms with E-state index in [-0.39, 0.29) is 24.5 Å². The number of carbonyl (C=O) groups excluding carboxylic acids is 2. The number of allylic oxidation sites excluding steroid dienone is 2. The predicted octanol–water partition coefficient (Wildman–Crippen LogP) is 11.0. The number of carbonyl (C=O) groups is 2. The molecule has 0 bridgehead atoms. The van der Waals surface area contributed by atoms with Gasteiger partial charge in [0.1, 0.15) is 169 Å². The summed E-state index contributed by atoms with van der Waals surface area (Å²) in [4.78, 5) is 23.0. The van der Waals surface area contributed by atoms with Crippen molar-refractivity contribution in [1.29, 1.82) is 0 Å². The van der Waals surface area contributed by atoms with Gasteiger partial charge in [-0.2, -0.15) is 8.42 Å². The first-order valence-corrected chi connectivity index (χ1v) is 58.3. The molecule has 0 amide bonds. The van der Waals surface area contributed by atoms with Crippen molar-refractivity contribution in [2.24, 2.45) is 11.8 Å². The lowest BCUT2D eigenvalue weighted by atomic mass is 9.95. The minimum atomic E-state index is -4.09. The van der Waals surface area contributed by atoms with Gasteiger partial charge in [-0.25, -0.2) is 4.79 Å². The molecule has 0 aromatic heterocycles. The summed E-state index contributed by atoms with van der Waals surface area (Å²) in [7, 11) is 27.3. The number of hydrogen-bond acceptors (Lipinski definition) is 18. The first kappa shape index (κ1) is 136. The predicted molar refractivity (Wildman–Crippen MR) is 597 cm³/mol. The van der Waals surface area contributed by atoms with Gasteiger partial charge in [0.05, 0.1) is 322 Å². The molecule has 32 heteroatoms. The van der Waals surface area contributed by atoms with E-state index in [0.29, 0.717) is 37.5 Å². The van der Waals surface area contributed by atoms with Gasteiger partial charge in [0.25, 0.3) is 10.1 Å². The number of morpholine rings is 10. The number of benzene rings is 2. The molecule has 12 aliphatic rings. The van der Waals surface area contributed by atoms with Gasteiger partial charge in [-0.1, -0.05) is 120 Å². The molecular formula is C115H226N12O19S+12. The van der Waals surface area contributed by atoms with Gasteiger partial charge in [0.15, 0.2) is 0 Å². The highest BCUT2D eigenvalue weighted by atomic mass is 32.2. The number of nitrogens with zero attached hydrogens (tertiary/aromatic N) is 12. The summed E-state index contributed by atoms with van der Waals surface area (Å²) in [5.74, 6) is 0.178. The summed E-state index contributed by atoms with van der Waals surface area (Å²) in [5, 5.41) is 18.2. The molecule has 0 saturated carbocycles. The molecule has 11 saturated heterocycles. The van der Waals surface area contributed by atoms with E-state index in [0.717, 1.165) is 312 Å². The van der Waals surface area contributed by atoms with Gasteiger partial charge >= 0.3 is 11.9 Å². The van der Waals surface area contributed by atoms with Crippen molar-refractivity contribution in [2.45, 2.75) is 138 Å². The Morgan fingerprint density at radius 2 is 0.748 bits per heavy atom. The standard InChI is InChI=1S/C16H24NO2.C13H24NO.C12H18NO.C10H18NO2.C10H22NO.2C9H20NO.C8H17NO5S.C8H16NO.C7H16NO2.C7H16NO.C6H14NO/c1-3-19-16(18)15-9-11-17(2,12-10-15)13-14-7-5-4-6-8-14;1-3-4-5-6-7-8-9-14(2)10-12-15-13-11-14;1-13(7-9-14-10-8-13)11-12-5-3-2-4-6-12;1-4-13-10(12)9-5-7-11(2,3)8-6-9;1-3-4-5-6-11(2)7-9-12-10-8-11;1-9(2)8-10(3)4-6-11-7-5-10;1-3-4-5-10(2)6-8-11-9-7-10;1-9(2-4-14-5-3-9)6-8(10)7-15(11,12)13;1-3-4-9(2)5-7-10-8-6-9;1-8(2-5-9)3-6-10-7-4-8;1-3-8(2)4-6-9-7-5-8;1-7(2)3-5-8-6-4-7/h4-8,15H,3,9-13H2,1-2H3;3,7-8H,1,4-6,9-13H2,2H3;2-6H,7-11H2,1H3;5H,4,6-8H2,1-3H3;3-10H2,1-2H3;9H,4-8H2,1-3H3;3-9H2,1-2H3;8,10H,2-7H2,1H3;3H,1,4-8H2,2H3;9H,2-7H2,1H3;3-7H2,1-2H3;3-6H2,1-2H3/q7*+1;;4*+1/p+1/b;8-7+;;;;;;;;;;. The second-order valence-corrected chi connectivity index (χ2v) is 48.8. The first-order valence-electron chi connectivity index (χ1n) is 56.7. The average molecular weight is 2110 g/mol. The number of aliphatic hydroxyl groups is 2. The Labute approximate surface area is 897 Å². The molecular weight excluding hydrogens is 1890 g/mol.